The van der Waals surface area contributed by atoms with Crippen molar-refractivity contribution in [2.75, 3.05) is 4.90 Å². The summed E-state index contributed by atoms with van der Waals surface area (Å²) >= 11 is 0. The molecule has 59 heavy (non-hydrogen) atoms. The molecule has 2 aliphatic rings. The highest BCUT2D eigenvalue weighted by Crippen LogP contribution is 2.62. The number of nitrogens with zero attached hydrogens (tertiary/aromatic N) is 2. The maximum atomic E-state index is 4.07. The van der Waals surface area contributed by atoms with Gasteiger partial charge in [0.05, 0.1) is 16.4 Å². The van der Waals surface area contributed by atoms with E-state index in [9.17, 15) is 0 Å². The van der Waals surface area contributed by atoms with Gasteiger partial charge in [0, 0.05) is 33.5 Å². The fourth-order valence-electron chi connectivity index (χ4n) is 9.83. The van der Waals surface area contributed by atoms with Gasteiger partial charge < -0.3 is 9.47 Å². The summed E-state index contributed by atoms with van der Waals surface area (Å²) < 4.78 is 2.47. The summed E-state index contributed by atoms with van der Waals surface area (Å²) in [5, 5.41) is 2.44. The lowest BCUT2D eigenvalue weighted by molar-refractivity contribution is 0.768. The molecule has 0 saturated carbocycles. The van der Waals surface area contributed by atoms with Crippen LogP contribution >= 0.6 is 0 Å². The minimum atomic E-state index is -0.422. The number of allylic oxidation sites excluding steroid dienone is 10. The Bertz CT molecular complexity index is 3030. The van der Waals surface area contributed by atoms with Gasteiger partial charge in [0.25, 0.3) is 0 Å². The van der Waals surface area contributed by atoms with Crippen LogP contribution in [0.1, 0.15) is 36.1 Å². The van der Waals surface area contributed by atoms with Crippen LogP contribution in [0.3, 0.4) is 0 Å². The molecule has 0 amide bonds. The van der Waals surface area contributed by atoms with Crippen molar-refractivity contribution >= 4 is 38.8 Å². The van der Waals surface area contributed by atoms with Gasteiger partial charge in [-0.05, 0) is 124 Å². The average Bonchev–Trinajstić information content (AvgIpc) is 3.85. The van der Waals surface area contributed by atoms with Crippen molar-refractivity contribution < 1.29 is 0 Å². The quantitative estimate of drug-likeness (QED) is 0.133. The van der Waals surface area contributed by atoms with E-state index in [1.807, 2.05) is 24.3 Å². The fourth-order valence-corrected chi connectivity index (χ4v) is 9.83. The summed E-state index contributed by atoms with van der Waals surface area (Å²) in [6.45, 7) is 12.5. The van der Waals surface area contributed by atoms with E-state index in [0.29, 0.717) is 0 Å². The summed E-state index contributed by atoms with van der Waals surface area (Å²) in [6, 6.07) is 60.2. The van der Waals surface area contributed by atoms with Gasteiger partial charge in [0.1, 0.15) is 0 Å². The topological polar surface area (TPSA) is 8.17 Å². The van der Waals surface area contributed by atoms with Gasteiger partial charge in [-0.2, -0.15) is 0 Å². The van der Waals surface area contributed by atoms with Gasteiger partial charge in [0.2, 0.25) is 0 Å². The van der Waals surface area contributed by atoms with Gasteiger partial charge in [-0.15, -0.1) is 0 Å². The van der Waals surface area contributed by atoms with Crippen molar-refractivity contribution in [1.82, 2.24) is 4.57 Å². The lowest BCUT2D eigenvalue weighted by Crippen LogP contribution is -2.26. The number of fused-ring (bicyclic) bond motifs is 10. The Kier molecular flexibility index (Phi) is 8.84. The molecule has 7 aromatic carbocycles. The highest BCUT2D eigenvalue weighted by molar-refractivity contribution is 6.13. The summed E-state index contributed by atoms with van der Waals surface area (Å²) in [5.41, 5.74) is 19.1. The molecule has 0 aliphatic heterocycles. The lowest BCUT2D eigenvalue weighted by atomic mass is 9.70. The SMILES string of the molecule is C=C/C=C\C=C(/C)N(c1ccccc1)c1ccc2c3cc4c(cc3n(-c3ccc(-c5ccccc5)cc3)c2c1)C(/C=C\C=C)=C(C)C41c2ccccc2-c2ccccc21. The van der Waals surface area contributed by atoms with Crippen molar-refractivity contribution in [2.24, 2.45) is 0 Å². The molecule has 2 heteroatoms. The van der Waals surface area contributed by atoms with E-state index in [0.717, 1.165) is 28.3 Å². The molecule has 0 bridgehead atoms. The van der Waals surface area contributed by atoms with E-state index >= 15 is 0 Å². The van der Waals surface area contributed by atoms with Gasteiger partial charge in [-0.25, -0.2) is 0 Å². The van der Waals surface area contributed by atoms with Crippen LogP contribution in [0.2, 0.25) is 0 Å². The van der Waals surface area contributed by atoms with Gasteiger partial charge in [0.15, 0.2) is 0 Å². The van der Waals surface area contributed by atoms with Gasteiger partial charge in [-0.3, -0.25) is 0 Å². The summed E-state index contributed by atoms with van der Waals surface area (Å²) in [7, 11) is 0. The van der Waals surface area contributed by atoms with E-state index < -0.39 is 5.41 Å². The van der Waals surface area contributed by atoms with Gasteiger partial charge >= 0.3 is 0 Å². The second-order valence-electron chi connectivity index (χ2n) is 15.4. The van der Waals surface area contributed by atoms with Crippen molar-refractivity contribution in [1.29, 1.82) is 0 Å². The molecule has 0 saturated heterocycles. The number of hydrogen-bond acceptors (Lipinski definition) is 1. The van der Waals surface area contributed by atoms with Crippen LogP contribution < -0.4 is 4.90 Å². The highest BCUT2D eigenvalue weighted by atomic mass is 15.1. The smallest absolute Gasteiger partial charge is 0.0686 e. The third kappa shape index (κ3) is 5.56. The molecule has 0 fully saturated rings. The van der Waals surface area contributed by atoms with E-state index in [4.69, 9.17) is 0 Å². The third-order valence-corrected chi connectivity index (χ3v) is 12.3. The number of hydrogen-bond donors (Lipinski definition) is 0. The van der Waals surface area contributed by atoms with Crippen LogP contribution in [-0.4, -0.2) is 4.57 Å². The Balaban J connectivity index is 1.28. The first kappa shape index (κ1) is 36.0. The summed E-state index contributed by atoms with van der Waals surface area (Å²) in [4.78, 5) is 2.33. The molecule has 0 atom stereocenters. The molecule has 2 nitrogen and oxygen atoms in total. The monoisotopic (exact) mass is 756 g/mol. The largest absolute Gasteiger partial charge is 0.314 e. The van der Waals surface area contributed by atoms with Crippen LogP contribution in [-0.2, 0) is 5.41 Å². The number of benzene rings is 7. The van der Waals surface area contributed by atoms with E-state index in [1.165, 1.54) is 71.9 Å². The van der Waals surface area contributed by atoms with Crippen molar-refractivity contribution in [3.8, 4) is 27.9 Å². The van der Waals surface area contributed by atoms with E-state index in [1.54, 1.807) is 0 Å². The normalized spacial score (nSPS) is 14.1. The van der Waals surface area contributed by atoms with Gasteiger partial charge in [-0.1, -0.05) is 165 Å². The fraction of sp³-hybridized carbons (Fsp3) is 0.0526. The molecular weight excluding hydrogens is 713 g/mol. The van der Waals surface area contributed by atoms with Crippen LogP contribution in [0.15, 0.2) is 231 Å². The third-order valence-electron chi connectivity index (χ3n) is 12.3. The second kappa shape index (κ2) is 14.5. The molecule has 1 spiro atoms. The van der Waals surface area contributed by atoms with Crippen LogP contribution in [0.4, 0.5) is 11.4 Å². The zero-order valence-corrected chi connectivity index (χ0v) is 33.4. The minimum Gasteiger partial charge on any atom is -0.314 e. The Hall–Kier alpha value is -7.42. The Morgan fingerprint density at radius 1 is 0.542 bits per heavy atom. The number of rotatable bonds is 9. The van der Waals surface area contributed by atoms with Crippen LogP contribution in [0, 0.1) is 0 Å². The second-order valence-corrected chi connectivity index (χ2v) is 15.4. The minimum absolute atomic E-state index is 0.422. The van der Waals surface area contributed by atoms with Crippen molar-refractivity contribution in [3.05, 3.63) is 253 Å². The van der Waals surface area contributed by atoms with E-state index in [2.05, 4.69) is 218 Å². The molecule has 0 unspecified atom stereocenters. The Morgan fingerprint density at radius 3 is 1.83 bits per heavy atom. The van der Waals surface area contributed by atoms with E-state index in [-0.39, 0.29) is 0 Å². The van der Waals surface area contributed by atoms with Crippen LogP contribution in [0.5, 0.6) is 0 Å². The highest BCUT2D eigenvalue weighted by Gasteiger charge is 2.51. The predicted molar refractivity (Wildman–Crippen MR) is 252 cm³/mol. The molecular formula is C57H44N2. The summed E-state index contributed by atoms with van der Waals surface area (Å²) in [6.07, 6.45) is 14.2. The first-order valence-corrected chi connectivity index (χ1v) is 20.3. The Labute approximate surface area is 347 Å². The molecule has 0 N–H and O–H groups in total. The van der Waals surface area contributed by atoms with Crippen molar-refractivity contribution in [2.45, 2.75) is 19.3 Å². The zero-order chi connectivity index (χ0) is 40.1. The first-order valence-electron chi connectivity index (χ1n) is 20.3. The maximum absolute atomic E-state index is 4.07. The molecule has 2 aliphatic carbocycles. The molecule has 10 rings (SSSR count). The number of anilines is 2. The summed E-state index contributed by atoms with van der Waals surface area (Å²) in [5.74, 6) is 0. The maximum Gasteiger partial charge on any atom is 0.0686 e. The zero-order valence-electron chi connectivity index (χ0n) is 33.4. The van der Waals surface area contributed by atoms with Crippen molar-refractivity contribution in [3.63, 3.8) is 0 Å². The molecule has 1 aromatic heterocycles. The molecule has 0 radical (unpaired) electrons. The average molecular weight is 757 g/mol. The lowest BCUT2D eigenvalue weighted by Gasteiger charge is -2.31. The Morgan fingerprint density at radius 2 is 1.15 bits per heavy atom. The predicted octanol–water partition coefficient (Wildman–Crippen LogP) is 15.1. The number of para-hydroxylation sites is 1. The molecule has 8 aromatic rings. The molecule has 282 valence electrons. The first-order chi connectivity index (χ1) is 29.0. The molecule has 1 heterocycles. The van der Waals surface area contributed by atoms with Crippen LogP contribution in [0.25, 0.3) is 55.3 Å². The number of aromatic nitrogens is 1. The standard InChI is InChI=1S/C57H44N2/c1-5-7-11-20-39(3)58(43-23-14-10-15-24-43)45-34-35-49-51-37-54-50(38-56(51)59(55(49)36-45)44-32-30-42(31-33-44)41-21-12-9-13-22-41)46(25-8-6-2)40(4)57(54)52-28-18-16-26-47(52)48-27-17-19-29-53(48)57/h5-38H,1-2H2,3-4H3/b11-7-,25-8-,39-20+.